The van der Waals surface area contributed by atoms with E-state index < -0.39 is 0 Å². The molecule has 0 aliphatic carbocycles. The maximum Gasteiger partial charge on any atom is 0.229 e. The van der Waals surface area contributed by atoms with Crippen molar-refractivity contribution in [3.8, 4) is 6.07 Å². The van der Waals surface area contributed by atoms with Crippen LogP contribution >= 0.6 is 0 Å². The molecular formula is C23H27N7. The lowest BCUT2D eigenvalue weighted by molar-refractivity contribution is 0.536. The van der Waals surface area contributed by atoms with Crippen molar-refractivity contribution in [3.63, 3.8) is 0 Å². The predicted molar refractivity (Wildman–Crippen MR) is 122 cm³/mol. The Balaban J connectivity index is 1.62. The van der Waals surface area contributed by atoms with Gasteiger partial charge in [-0.1, -0.05) is 25.5 Å². The van der Waals surface area contributed by atoms with E-state index in [1.54, 1.807) is 18.2 Å². The van der Waals surface area contributed by atoms with E-state index in [-0.39, 0.29) is 0 Å². The fourth-order valence-electron chi connectivity index (χ4n) is 3.88. The topological polar surface area (TPSA) is 103 Å². The number of anilines is 4. The molecule has 154 valence electrons. The third-order valence-electron chi connectivity index (χ3n) is 5.37. The highest BCUT2D eigenvalue weighted by atomic mass is 15.3. The van der Waals surface area contributed by atoms with Gasteiger partial charge in [-0.2, -0.15) is 10.2 Å². The van der Waals surface area contributed by atoms with Crippen LogP contribution in [0.25, 0.3) is 10.9 Å². The predicted octanol–water partition coefficient (Wildman–Crippen LogP) is 3.80. The van der Waals surface area contributed by atoms with E-state index in [9.17, 15) is 5.26 Å². The molecule has 3 aromatic rings. The second kappa shape index (κ2) is 8.97. The largest absolute Gasteiger partial charge is 0.399 e. The van der Waals surface area contributed by atoms with Crippen LogP contribution in [0.2, 0.25) is 0 Å². The van der Waals surface area contributed by atoms with Gasteiger partial charge in [0.15, 0.2) is 0 Å². The molecule has 1 aliphatic heterocycles. The molecule has 2 aromatic carbocycles. The first kappa shape index (κ1) is 19.9. The lowest BCUT2D eigenvalue weighted by Crippen LogP contribution is -2.33. The highest BCUT2D eigenvalue weighted by molar-refractivity contribution is 5.91. The number of benzene rings is 2. The van der Waals surface area contributed by atoms with E-state index in [2.05, 4.69) is 39.6 Å². The molecule has 0 spiro atoms. The van der Waals surface area contributed by atoms with Gasteiger partial charge in [0.2, 0.25) is 5.95 Å². The SMILES string of the molecule is CCCCN[C@H]1CCN(c2nc(Nc3cc(N)cc(C#N)c3)nc3ccccc23)C1. The minimum atomic E-state index is 0.480. The van der Waals surface area contributed by atoms with Crippen molar-refractivity contribution in [2.24, 2.45) is 0 Å². The molecule has 7 nitrogen and oxygen atoms in total. The van der Waals surface area contributed by atoms with Gasteiger partial charge in [-0.15, -0.1) is 0 Å². The molecule has 0 radical (unpaired) electrons. The van der Waals surface area contributed by atoms with E-state index in [0.29, 0.717) is 28.9 Å². The average Bonchev–Trinajstić information content (AvgIpc) is 3.21. The quantitative estimate of drug-likeness (QED) is 0.409. The van der Waals surface area contributed by atoms with Gasteiger partial charge >= 0.3 is 0 Å². The van der Waals surface area contributed by atoms with Crippen LogP contribution in [0.3, 0.4) is 0 Å². The maximum absolute atomic E-state index is 9.21. The molecule has 1 fully saturated rings. The molecule has 30 heavy (non-hydrogen) atoms. The number of nitrogen functional groups attached to an aromatic ring is 1. The second-order valence-electron chi connectivity index (χ2n) is 7.71. The van der Waals surface area contributed by atoms with Gasteiger partial charge in [-0.05, 0) is 49.7 Å². The number of hydrogen-bond donors (Lipinski definition) is 3. The van der Waals surface area contributed by atoms with Crippen molar-refractivity contribution in [1.82, 2.24) is 15.3 Å². The van der Waals surface area contributed by atoms with Crippen molar-refractivity contribution >= 4 is 34.0 Å². The number of nitriles is 1. The first-order valence-electron chi connectivity index (χ1n) is 10.5. The van der Waals surface area contributed by atoms with Crippen LogP contribution in [0.5, 0.6) is 0 Å². The van der Waals surface area contributed by atoms with Gasteiger partial charge in [0, 0.05) is 35.9 Å². The number of nitrogens with two attached hydrogens (primary N) is 1. The Hall–Kier alpha value is -3.37. The number of nitrogens with zero attached hydrogens (tertiary/aromatic N) is 4. The molecule has 1 aromatic heterocycles. The number of fused-ring (bicyclic) bond motifs is 1. The molecule has 0 saturated carbocycles. The number of hydrogen-bond acceptors (Lipinski definition) is 7. The molecule has 0 amide bonds. The van der Waals surface area contributed by atoms with Crippen LogP contribution in [-0.2, 0) is 0 Å². The minimum absolute atomic E-state index is 0.480. The summed E-state index contributed by atoms with van der Waals surface area (Å²) in [5.41, 5.74) is 8.54. The summed E-state index contributed by atoms with van der Waals surface area (Å²) >= 11 is 0. The first-order chi connectivity index (χ1) is 14.7. The van der Waals surface area contributed by atoms with Crippen molar-refractivity contribution in [2.45, 2.75) is 32.2 Å². The molecule has 4 rings (SSSR count). The van der Waals surface area contributed by atoms with Crippen LogP contribution in [-0.4, -0.2) is 35.6 Å². The summed E-state index contributed by atoms with van der Waals surface area (Å²) in [4.78, 5) is 11.9. The fourth-order valence-corrected chi connectivity index (χ4v) is 3.88. The highest BCUT2D eigenvalue weighted by Crippen LogP contribution is 2.29. The Morgan fingerprint density at radius 1 is 1.23 bits per heavy atom. The summed E-state index contributed by atoms with van der Waals surface area (Å²) in [5, 5.41) is 17.1. The number of unbranched alkanes of at least 4 members (excludes halogenated alkanes) is 1. The number of rotatable bonds is 7. The van der Waals surface area contributed by atoms with Crippen LogP contribution in [0, 0.1) is 11.3 Å². The van der Waals surface area contributed by atoms with Crippen LogP contribution in [0.1, 0.15) is 31.7 Å². The van der Waals surface area contributed by atoms with Crippen LogP contribution in [0.15, 0.2) is 42.5 Å². The molecular weight excluding hydrogens is 374 g/mol. The van der Waals surface area contributed by atoms with E-state index in [4.69, 9.17) is 10.7 Å². The van der Waals surface area contributed by atoms with Gasteiger partial charge in [0.05, 0.1) is 17.1 Å². The van der Waals surface area contributed by atoms with E-state index in [0.717, 1.165) is 42.8 Å². The summed E-state index contributed by atoms with van der Waals surface area (Å²) < 4.78 is 0. The molecule has 0 bridgehead atoms. The standard InChI is InChI=1S/C23H27N7/c1-2-3-9-26-18-8-10-30(15-18)22-20-6-4-5-7-21(20)28-23(29-22)27-19-12-16(14-24)11-17(25)13-19/h4-7,11-13,18,26H,2-3,8-10,15,25H2,1H3,(H,27,28,29)/t18-/m0/s1. The molecule has 7 heteroatoms. The van der Waals surface area contributed by atoms with Gasteiger partial charge in [0.1, 0.15) is 5.82 Å². The van der Waals surface area contributed by atoms with Crippen LogP contribution < -0.4 is 21.3 Å². The van der Waals surface area contributed by atoms with E-state index in [1.165, 1.54) is 12.8 Å². The van der Waals surface area contributed by atoms with E-state index in [1.807, 2.05) is 18.2 Å². The Kier molecular flexibility index (Phi) is 5.96. The monoisotopic (exact) mass is 401 g/mol. The zero-order valence-electron chi connectivity index (χ0n) is 17.2. The van der Waals surface area contributed by atoms with Gasteiger partial charge < -0.3 is 21.3 Å². The van der Waals surface area contributed by atoms with Gasteiger partial charge in [0.25, 0.3) is 0 Å². The molecule has 1 aliphatic rings. The van der Waals surface area contributed by atoms with Crippen molar-refractivity contribution in [2.75, 3.05) is 35.6 Å². The minimum Gasteiger partial charge on any atom is -0.399 e. The summed E-state index contributed by atoms with van der Waals surface area (Å²) in [5.74, 6) is 1.44. The highest BCUT2D eigenvalue weighted by Gasteiger charge is 2.25. The lowest BCUT2D eigenvalue weighted by Gasteiger charge is -2.21. The molecule has 1 saturated heterocycles. The Morgan fingerprint density at radius 2 is 2.10 bits per heavy atom. The first-order valence-corrected chi connectivity index (χ1v) is 10.5. The smallest absolute Gasteiger partial charge is 0.229 e. The molecule has 2 heterocycles. The number of aromatic nitrogens is 2. The molecule has 0 unspecified atom stereocenters. The Labute approximate surface area is 176 Å². The Morgan fingerprint density at radius 3 is 2.93 bits per heavy atom. The Bertz CT molecular complexity index is 1070. The normalized spacial score (nSPS) is 16.0. The van der Waals surface area contributed by atoms with Gasteiger partial charge in [-0.25, -0.2) is 4.98 Å². The van der Waals surface area contributed by atoms with Crippen molar-refractivity contribution < 1.29 is 0 Å². The summed E-state index contributed by atoms with van der Waals surface area (Å²) in [7, 11) is 0. The summed E-state index contributed by atoms with van der Waals surface area (Å²) in [6.45, 7) is 5.16. The zero-order valence-corrected chi connectivity index (χ0v) is 17.2. The van der Waals surface area contributed by atoms with Crippen molar-refractivity contribution in [3.05, 3.63) is 48.0 Å². The third kappa shape index (κ3) is 4.44. The molecule has 1 atom stereocenters. The van der Waals surface area contributed by atoms with E-state index >= 15 is 0 Å². The summed E-state index contributed by atoms with van der Waals surface area (Å²) in [6, 6.07) is 15.9. The van der Waals surface area contributed by atoms with Gasteiger partial charge in [-0.3, -0.25) is 0 Å². The average molecular weight is 402 g/mol. The maximum atomic E-state index is 9.21. The fraction of sp³-hybridized carbons (Fsp3) is 0.348. The molecule has 4 N–H and O–H groups in total. The lowest BCUT2D eigenvalue weighted by atomic mass is 10.2. The summed E-state index contributed by atoms with van der Waals surface area (Å²) in [6.07, 6.45) is 3.50. The van der Waals surface area contributed by atoms with Crippen LogP contribution in [0.4, 0.5) is 23.1 Å². The van der Waals surface area contributed by atoms with Crippen molar-refractivity contribution in [1.29, 1.82) is 5.26 Å². The second-order valence-corrected chi connectivity index (χ2v) is 7.71. The zero-order chi connectivity index (χ0) is 20.9. The number of nitrogens with one attached hydrogen (secondary N) is 2. The third-order valence-corrected chi connectivity index (χ3v) is 5.37. The number of para-hydroxylation sites is 1.